The number of aliphatic hydroxyl groups is 1. The fourth-order valence-electron chi connectivity index (χ4n) is 8.46. The van der Waals surface area contributed by atoms with Crippen LogP contribution >= 0.6 is 0 Å². The van der Waals surface area contributed by atoms with E-state index in [-0.39, 0.29) is 23.0 Å². The van der Waals surface area contributed by atoms with Gasteiger partial charge in [-0.2, -0.15) is 8.42 Å². The first-order valence-electron chi connectivity index (χ1n) is 15.6. The molecule has 2 aromatic carbocycles. The van der Waals surface area contributed by atoms with Gasteiger partial charge in [0.1, 0.15) is 5.75 Å². The molecule has 0 unspecified atom stereocenters. The maximum absolute atomic E-state index is 12.3. The Morgan fingerprint density at radius 1 is 0.925 bits per heavy atom. The summed E-state index contributed by atoms with van der Waals surface area (Å²) in [5.41, 5.74) is 3.88. The van der Waals surface area contributed by atoms with Gasteiger partial charge in [0, 0.05) is 0 Å². The predicted octanol–water partition coefficient (Wildman–Crippen LogP) is 7.67. The van der Waals surface area contributed by atoms with Gasteiger partial charge in [-0.1, -0.05) is 69.2 Å². The number of phenols is 1. The summed E-state index contributed by atoms with van der Waals surface area (Å²) in [6.07, 6.45) is 14.1. The van der Waals surface area contributed by atoms with E-state index in [0.29, 0.717) is 29.4 Å². The summed E-state index contributed by atoms with van der Waals surface area (Å²) in [5, 5.41) is 21.1. The van der Waals surface area contributed by atoms with Crippen molar-refractivity contribution >= 4 is 10.1 Å². The third-order valence-corrected chi connectivity index (χ3v) is 11.9. The lowest BCUT2D eigenvalue weighted by molar-refractivity contribution is -0.0501. The fraction of sp³-hybridized carbons (Fsp3) is 0.647. The van der Waals surface area contributed by atoms with Crippen molar-refractivity contribution in [2.75, 3.05) is 6.61 Å². The van der Waals surface area contributed by atoms with Gasteiger partial charge in [0.05, 0.1) is 17.6 Å². The van der Waals surface area contributed by atoms with Crippen LogP contribution in [0.3, 0.4) is 0 Å². The fourth-order valence-corrected chi connectivity index (χ4v) is 9.41. The first kappa shape index (κ1) is 29.6. The predicted molar refractivity (Wildman–Crippen MR) is 159 cm³/mol. The Hall–Kier alpha value is -1.89. The number of phenolic OH excluding ortho intramolecular Hbond substituents is 1. The molecule has 0 aliphatic heterocycles. The number of hydrogen-bond donors (Lipinski definition) is 2. The Bertz CT molecular complexity index is 1240. The average molecular weight is 569 g/mol. The molecule has 3 aliphatic carbocycles. The van der Waals surface area contributed by atoms with Crippen LogP contribution in [0.5, 0.6) is 5.75 Å². The number of fused-ring (bicyclic) bond motifs is 5. The smallest absolute Gasteiger partial charge is 0.296 e. The molecule has 0 spiro atoms. The topological polar surface area (TPSA) is 83.8 Å². The Morgan fingerprint density at radius 2 is 1.62 bits per heavy atom. The third kappa shape index (κ3) is 6.29. The van der Waals surface area contributed by atoms with Gasteiger partial charge in [-0.15, -0.1) is 0 Å². The summed E-state index contributed by atoms with van der Waals surface area (Å²) < 4.78 is 29.8. The number of hydrogen-bond acceptors (Lipinski definition) is 5. The van der Waals surface area contributed by atoms with E-state index >= 15 is 0 Å². The monoisotopic (exact) mass is 568 g/mol. The third-order valence-electron chi connectivity index (χ3n) is 10.5. The summed E-state index contributed by atoms with van der Waals surface area (Å²) in [5.74, 6) is 2.79. The molecule has 0 amide bonds. The summed E-state index contributed by atoms with van der Waals surface area (Å²) in [7, 11) is -3.66. The molecule has 3 aliphatic rings. The Morgan fingerprint density at radius 3 is 2.38 bits per heavy atom. The normalized spacial score (nSPS) is 29.5. The molecule has 220 valence electrons. The summed E-state index contributed by atoms with van der Waals surface area (Å²) in [4.78, 5) is 0.226. The van der Waals surface area contributed by atoms with Crippen molar-refractivity contribution in [2.24, 2.45) is 23.2 Å². The van der Waals surface area contributed by atoms with Gasteiger partial charge in [-0.25, -0.2) is 0 Å². The van der Waals surface area contributed by atoms with Crippen LogP contribution in [0.15, 0.2) is 47.4 Å². The zero-order valence-electron chi connectivity index (χ0n) is 24.4. The van der Waals surface area contributed by atoms with Gasteiger partial charge in [0.25, 0.3) is 10.1 Å². The molecule has 2 N–H and O–H groups in total. The Balaban J connectivity index is 1.05. The first-order chi connectivity index (χ1) is 19.2. The number of aliphatic hydroxyl groups excluding tert-OH is 1. The van der Waals surface area contributed by atoms with Crippen LogP contribution in [0.4, 0.5) is 0 Å². The highest BCUT2D eigenvalue weighted by Gasteiger charge is 2.57. The van der Waals surface area contributed by atoms with Crippen molar-refractivity contribution in [1.29, 1.82) is 0 Å². The van der Waals surface area contributed by atoms with E-state index in [0.717, 1.165) is 50.5 Å². The van der Waals surface area contributed by atoms with E-state index in [1.54, 1.807) is 24.3 Å². The molecule has 2 aromatic rings. The molecule has 5 rings (SSSR count). The molecule has 0 radical (unpaired) electrons. The van der Waals surface area contributed by atoms with Gasteiger partial charge >= 0.3 is 0 Å². The van der Waals surface area contributed by atoms with Crippen LogP contribution in [0, 0.1) is 30.1 Å². The lowest BCUT2D eigenvalue weighted by Crippen LogP contribution is -2.47. The molecular weight excluding hydrogens is 520 g/mol. The zero-order chi connectivity index (χ0) is 28.3. The molecule has 0 aromatic heterocycles. The number of aromatic hydroxyl groups is 1. The Kier molecular flexibility index (Phi) is 9.28. The van der Waals surface area contributed by atoms with Crippen LogP contribution in [0.1, 0.15) is 107 Å². The van der Waals surface area contributed by atoms with E-state index in [4.69, 9.17) is 4.18 Å². The van der Waals surface area contributed by atoms with E-state index < -0.39 is 10.1 Å². The number of aryl methyl sites for hydroxylation is 2. The lowest BCUT2D eigenvalue weighted by Gasteiger charge is -2.54. The molecule has 2 fully saturated rings. The molecule has 0 heterocycles. The Labute approximate surface area is 241 Å². The molecule has 6 heteroatoms. The van der Waals surface area contributed by atoms with Crippen LogP contribution in [-0.2, 0) is 20.7 Å². The highest BCUT2D eigenvalue weighted by atomic mass is 32.2. The second-order valence-corrected chi connectivity index (χ2v) is 14.7. The maximum atomic E-state index is 12.3. The van der Waals surface area contributed by atoms with E-state index in [1.165, 1.54) is 49.7 Å². The summed E-state index contributed by atoms with van der Waals surface area (Å²) >= 11 is 0. The zero-order valence-corrected chi connectivity index (χ0v) is 25.2. The van der Waals surface area contributed by atoms with E-state index in [2.05, 4.69) is 13.0 Å². The van der Waals surface area contributed by atoms with Gasteiger partial charge < -0.3 is 10.2 Å². The molecule has 0 bridgehead atoms. The van der Waals surface area contributed by atoms with Crippen molar-refractivity contribution in [1.82, 2.24) is 0 Å². The van der Waals surface area contributed by atoms with Gasteiger partial charge in [-0.05, 0) is 116 Å². The minimum Gasteiger partial charge on any atom is -0.508 e. The lowest BCUT2D eigenvalue weighted by atomic mass is 9.51. The second-order valence-electron chi connectivity index (χ2n) is 13.1. The molecule has 5 nitrogen and oxygen atoms in total. The minimum atomic E-state index is -3.66. The van der Waals surface area contributed by atoms with Crippen LogP contribution < -0.4 is 0 Å². The SMILES string of the molecule is Cc1ccc(S(=O)(=O)OCCCCCCCCC[C@H]2C[C@]3(C)[C@@H](O)CC[C@H]3[C@@H]3CCc4cc(O)ccc4[C@@H]23)cc1. The van der Waals surface area contributed by atoms with Gasteiger partial charge in [0.2, 0.25) is 0 Å². The largest absolute Gasteiger partial charge is 0.508 e. The van der Waals surface area contributed by atoms with Crippen LogP contribution in [-0.4, -0.2) is 31.3 Å². The van der Waals surface area contributed by atoms with Crippen molar-refractivity contribution < 1.29 is 22.8 Å². The standard InChI is InChI=1S/C34H48O5S/c1-24-11-15-28(16-12-24)40(37,38)39-21-9-7-5-3-4-6-8-10-26-23-34(2)31(19-20-32(34)36)30-17-13-25-22-27(35)14-18-29(25)33(26)30/h11-12,14-16,18,22,26,30-33,35-36H,3-10,13,17,19-21,23H2,1-2H3/t26-,30-,31-,32-,33+,34-/m0/s1. The summed E-state index contributed by atoms with van der Waals surface area (Å²) in [6.45, 7) is 4.54. The molecule has 6 atom stereocenters. The van der Waals surface area contributed by atoms with Crippen LogP contribution in [0.25, 0.3) is 0 Å². The maximum Gasteiger partial charge on any atom is 0.296 e. The van der Waals surface area contributed by atoms with Crippen molar-refractivity contribution in [3.8, 4) is 5.75 Å². The number of benzene rings is 2. The molecular formula is C34H48O5S. The van der Waals surface area contributed by atoms with E-state index in [1.807, 2.05) is 19.1 Å². The van der Waals surface area contributed by atoms with Crippen molar-refractivity contribution in [3.05, 3.63) is 59.2 Å². The number of rotatable bonds is 12. The highest BCUT2D eigenvalue weighted by Crippen LogP contribution is 2.63. The molecule has 0 saturated heterocycles. The quantitative estimate of drug-likeness (QED) is 0.203. The molecule has 2 saturated carbocycles. The number of unbranched alkanes of at least 4 members (excludes halogenated alkanes) is 6. The summed E-state index contributed by atoms with van der Waals surface area (Å²) in [6, 6.07) is 12.8. The first-order valence-corrected chi connectivity index (χ1v) is 17.1. The van der Waals surface area contributed by atoms with Gasteiger partial charge in [-0.3, -0.25) is 4.18 Å². The van der Waals surface area contributed by atoms with Crippen molar-refractivity contribution in [2.45, 2.75) is 114 Å². The second kappa shape index (κ2) is 12.5. The van der Waals surface area contributed by atoms with Crippen LogP contribution in [0.2, 0.25) is 0 Å². The van der Waals surface area contributed by atoms with Gasteiger partial charge in [0.15, 0.2) is 0 Å². The molecule has 40 heavy (non-hydrogen) atoms. The van der Waals surface area contributed by atoms with E-state index in [9.17, 15) is 18.6 Å². The van der Waals surface area contributed by atoms with Crippen molar-refractivity contribution in [3.63, 3.8) is 0 Å². The minimum absolute atomic E-state index is 0.0509. The highest BCUT2D eigenvalue weighted by molar-refractivity contribution is 7.86. The average Bonchev–Trinajstić information content (AvgIpc) is 3.23.